The van der Waals surface area contributed by atoms with Crippen LogP contribution < -0.4 is 10.6 Å². The number of aryl methyl sites for hydroxylation is 1. The maximum absolute atomic E-state index is 14.3. The number of anilines is 1. The van der Waals surface area contributed by atoms with E-state index >= 15 is 0 Å². The molecule has 36 heavy (non-hydrogen) atoms. The maximum atomic E-state index is 14.3. The molecule has 0 aliphatic heterocycles. The van der Waals surface area contributed by atoms with Gasteiger partial charge in [-0.15, -0.1) is 10.2 Å². The number of pyridine rings is 1. The van der Waals surface area contributed by atoms with Gasteiger partial charge in [-0.1, -0.05) is 5.21 Å². The molecule has 1 fully saturated rings. The summed E-state index contributed by atoms with van der Waals surface area (Å²) in [6.45, 7) is -0.0621. The summed E-state index contributed by atoms with van der Waals surface area (Å²) in [5.41, 5.74) is 0.734. The number of hydrogen-bond acceptors (Lipinski definition) is 7. The summed E-state index contributed by atoms with van der Waals surface area (Å²) >= 11 is 0. The van der Waals surface area contributed by atoms with E-state index in [-0.39, 0.29) is 42.2 Å². The number of nitrogens with one attached hydrogen (secondary N) is 2. The molecule has 2 N–H and O–H groups in total. The van der Waals surface area contributed by atoms with Gasteiger partial charge in [0.05, 0.1) is 30.6 Å². The highest BCUT2D eigenvalue weighted by atomic mass is 19.3. The van der Waals surface area contributed by atoms with Gasteiger partial charge in [0.2, 0.25) is 5.91 Å². The van der Waals surface area contributed by atoms with Crippen molar-refractivity contribution < 1.29 is 22.8 Å². The minimum atomic E-state index is -2.92. The maximum Gasteiger partial charge on any atom is 0.276 e. The lowest BCUT2D eigenvalue weighted by atomic mass is 10.0. The largest absolute Gasteiger partial charge is 0.354 e. The summed E-state index contributed by atoms with van der Waals surface area (Å²) in [4.78, 5) is 27.8. The van der Waals surface area contributed by atoms with Gasteiger partial charge in [-0.25, -0.2) is 17.9 Å². The van der Waals surface area contributed by atoms with E-state index in [4.69, 9.17) is 0 Å². The first-order chi connectivity index (χ1) is 17.2. The first-order valence-corrected chi connectivity index (χ1v) is 11.5. The van der Waals surface area contributed by atoms with Crippen LogP contribution in [0.1, 0.15) is 46.7 Å². The molecule has 3 aromatic rings. The van der Waals surface area contributed by atoms with E-state index in [1.54, 1.807) is 6.07 Å². The fourth-order valence-corrected chi connectivity index (χ4v) is 3.59. The molecule has 13 heteroatoms. The smallest absolute Gasteiger partial charge is 0.276 e. The number of amides is 2. The highest BCUT2D eigenvalue weighted by Crippen LogP contribution is 2.49. The van der Waals surface area contributed by atoms with Crippen molar-refractivity contribution in [2.24, 2.45) is 5.92 Å². The Kier molecular flexibility index (Phi) is 7.55. The van der Waals surface area contributed by atoms with Gasteiger partial charge >= 0.3 is 0 Å². The summed E-state index contributed by atoms with van der Waals surface area (Å²) in [5.74, 6) is -4.25. The van der Waals surface area contributed by atoms with Crippen LogP contribution in [0.4, 0.5) is 19.0 Å². The second-order valence-corrected chi connectivity index (χ2v) is 8.61. The van der Waals surface area contributed by atoms with E-state index in [1.807, 2.05) is 0 Å². The lowest BCUT2D eigenvalue weighted by Crippen LogP contribution is -2.19. The second kappa shape index (κ2) is 10.8. The van der Waals surface area contributed by atoms with Crippen LogP contribution in [0, 0.1) is 5.92 Å². The van der Waals surface area contributed by atoms with Crippen LogP contribution in [-0.2, 0) is 30.1 Å². The quantitative estimate of drug-likeness (QED) is 0.412. The molecule has 1 saturated carbocycles. The Labute approximate surface area is 204 Å². The van der Waals surface area contributed by atoms with Crippen LogP contribution in [0.3, 0.4) is 0 Å². The third-order valence-corrected chi connectivity index (χ3v) is 5.72. The molecular formula is C23H25F3N8O2. The van der Waals surface area contributed by atoms with Crippen LogP contribution in [0.25, 0.3) is 0 Å². The average Bonchev–Trinajstić information content (AvgIpc) is 3.63. The number of nitrogens with zero attached hydrogens (tertiary/aromatic N) is 6. The molecular weight excluding hydrogens is 477 g/mol. The van der Waals surface area contributed by atoms with Crippen LogP contribution in [0.15, 0.2) is 36.7 Å². The molecule has 10 nitrogen and oxygen atoms in total. The highest BCUT2D eigenvalue weighted by Gasteiger charge is 2.48. The summed E-state index contributed by atoms with van der Waals surface area (Å²) in [7, 11) is 1.46. The van der Waals surface area contributed by atoms with Crippen molar-refractivity contribution >= 4 is 17.6 Å². The minimum absolute atomic E-state index is 0.0621. The normalized spacial score (nSPS) is 14.3. The van der Waals surface area contributed by atoms with Crippen molar-refractivity contribution in [2.75, 3.05) is 12.4 Å². The van der Waals surface area contributed by atoms with E-state index < -0.39 is 29.8 Å². The van der Waals surface area contributed by atoms with Gasteiger partial charge in [-0.05, 0) is 49.9 Å². The van der Waals surface area contributed by atoms with Gasteiger partial charge in [-0.2, -0.15) is 5.10 Å². The van der Waals surface area contributed by atoms with Crippen LogP contribution in [0.2, 0.25) is 0 Å². The molecule has 0 bridgehead atoms. The number of halogens is 3. The Morgan fingerprint density at radius 1 is 1.17 bits per heavy atom. The lowest BCUT2D eigenvalue weighted by Gasteiger charge is -2.16. The molecule has 3 heterocycles. The molecule has 1 aliphatic rings. The number of carbonyl (C=O) groups is 2. The second-order valence-electron chi connectivity index (χ2n) is 8.61. The molecule has 2 amide bonds. The van der Waals surface area contributed by atoms with Gasteiger partial charge in [0.25, 0.3) is 11.8 Å². The molecule has 1 unspecified atom stereocenters. The van der Waals surface area contributed by atoms with Gasteiger partial charge in [0.15, 0.2) is 11.5 Å². The molecule has 1 atom stereocenters. The Balaban J connectivity index is 1.24. The Hall–Kier alpha value is -3.90. The number of aromatic nitrogens is 6. The van der Waals surface area contributed by atoms with Crippen molar-refractivity contribution in [1.29, 1.82) is 0 Å². The zero-order chi connectivity index (χ0) is 25.7. The van der Waals surface area contributed by atoms with Gasteiger partial charge in [-0.3, -0.25) is 14.6 Å². The zero-order valence-corrected chi connectivity index (χ0v) is 19.5. The van der Waals surface area contributed by atoms with Gasteiger partial charge < -0.3 is 10.6 Å². The van der Waals surface area contributed by atoms with Crippen LogP contribution in [0.5, 0.6) is 0 Å². The molecule has 0 saturated heterocycles. The van der Waals surface area contributed by atoms with E-state index in [9.17, 15) is 22.8 Å². The molecule has 190 valence electrons. The van der Waals surface area contributed by atoms with E-state index in [0.717, 1.165) is 0 Å². The number of rotatable bonds is 11. The van der Waals surface area contributed by atoms with Crippen molar-refractivity contribution in [3.8, 4) is 0 Å². The Morgan fingerprint density at radius 3 is 2.67 bits per heavy atom. The Bertz CT molecular complexity index is 1210. The standard InChI is InChI=1S/C23H25F3N8O2/c1-27-22(36)19-13-34(33-31-19)12-16(24)4-5-17-6-7-20(32-30-17)29-21(35)11-18-10-15(8-9-28-18)23(25,26)14-2-3-14/h6-10,13-14,16H,2-5,11-12H2,1H3,(H,27,36)(H,29,32,35). The van der Waals surface area contributed by atoms with Crippen molar-refractivity contribution in [1.82, 2.24) is 35.5 Å². The van der Waals surface area contributed by atoms with Crippen LogP contribution in [-0.4, -0.2) is 55.2 Å². The first-order valence-electron chi connectivity index (χ1n) is 11.5. The number of alkyl halides is 3. The summed E-state index contributed by atoms with van der Waals surface area (Å²) < 4.78 is 44.2. The molecule has 3 aromatic heterocycles. The Morgan fingerprint density at radius 2 is 1.97 bits per heavy atom. The predicted octanol–water partition coefficient (Wildman–Crippen LogP) is 2.48. The number of hydrogen-bond donors (Lipinski definition) is 2. The fraction of sp³-hybridized carbons (Fsp3) is 0.435. The number of carbonyl (C=O) groups excluding carboxylic acids is 2. The highest BCUT2D eigenvalue weighted by molar-refractivity contribution is 5.91. The monoisotopic (exact) mass is 502 g/mol. The van der Waals surface area contributed by atoms with E-state index in [2.05, 4.69) is 36.1 Å². The molecule has 1 aliphatic carbocycles. The summed E-state index contributed by atoms with van der Waals surface area (Å²) in [6, 6.07) is 5.69. The third-order valence-electron chi connectivity index (χ3n) is 5.72. The fourth-order valence-electron chi connectivity index (χ4n) is 3.59. The van der Waals surface area contributed by atoms with Gasteiger partial charge in [0.1, 0.15) is 6.17 Å². The van der Waals surface area contributed by atoms with E-state index in [1.165, 1.54) is 42.3 Å². The lowest BCUT2D eigenvalue weighted by molar-refractivity contribution is -0.115. The first kappa shape index (κ1) is 25.2. The summed E-state index contributed by atoms with van der Waals surface area (Å²) in [6.07, 6.45) is 2.64. The molecule has 4 rings (SSSR count). The third kappa shape index (κ3) is 6.40. The SMILES string of the molecule is CNC(=O)c1cn(CC(F)CCc2ccc(NC(=O)Cc3cc(C(F)(F)C4CC4)ccn3)nn2)nn1. The zero-order valence-electron chi connectivity index (χ0n) is 19.5. The molecule has 0 radical (unpaired) electrons. The molecule has 0 spiro atoms. The topological polar surface area (TPSA) is 128 Å². The average molecular weight is 503 g/mol. The van der Waals surface area contributed by atoms with Crippen LogP contribution >= 0.6 is 0 Å². The van der Waals surface area contributed by atoms with Crippen molar-refractivity contribution in [2.45, 2.75) is 50.7 Å². The van der Waals surface area contributed by atoms with Crippen molar-refractivity contribution in [3.63, 3.8) is 0 Å². The summed E-state index contributed by atoms with van der Waals surface area (Å²) in [5, 5.41) is 20.3. The van der Waals surface area contributed by atoms with Crippen molar-refractivity contribution in [3.05, 3.63) is 59.3 Å². The molecule has 0 aromatic carbocycles. The predicted molar refractivity (Wildman–Crippen MR) is 122 cm³/mol. The minimum Gasteiger partial charge on any atom is -0.354 e. The van der Waals surface area contributed by atoms with E-state index in [0.29, 0.717) is 25.0 Å². The van der Waals surface area contributed by atoms with Gasteiger partial charge in [0, 0.05) is 24.7 Å².